The van der Waals surface area contributed by atoms with Gasteiger partial charge in [-0.25, -0.2) is 0 Å². The summed E-state index contributed by atoms with van der Waals surface area (Å²) in [7, 11) is 0. The first kappa shape index (κ1) is 13.1. The molecule has 0 aromatic heterocycles. The van der Waals surface area contributed by atoms with Gasteiger partial charge in [-0.2, -0.15) is 0 Å². The monoisotopic (exact) mass is 322 g/mol. The van der Waals surface area contributed by atoms with Gasteiger partial charge in [0, 0.05) is 36.1 Å². The van der Waals surface area contributed by atoms with Crippen LogP contribution >= 0.6 is 15.9 Å². The largest absolute Gasteiger partial charge is 0.337 e. The maximum atomic E-state index is 12.5. The summed E-state index contributed by atoms with van der Waals surface area (Å²) in [5, 5.41) is 3.33. The zero-order valence-corrected chi connectivity index (χ0v) is 12.7. The van der Waals surface area contributed by atoms with Crippen LogP contribution < -0.4 is 5.32 Å². The first-order valence-electron chi connectivity index (χ1n) is 6.93. The Morgan fingerprint density at radius 3 is 2.79 bits per heavy atom. The van der Waals surface area contributed by atoms with Crippen molar-refractivity contribution in [2.24, 2.45) is 5.92 Å². The van der Waals surface area contributed by atoms with Crippen LogP contribution in [0.4, 0.5) is 0 Å². The molecule has 1 saturated heterocycles. The highest BCUT2D eigenvalue weighted by Gasteiger charge is 2.46. The molecular formula is C15H19BrN2O. The van der Waals surface area contributed by atoms with Gasteiger partial charge in [-0.05, 0) is 37.0 Å². The van der Waals surface area contributed by atoms with Crippen LogP contribution in [0.5, 0.6) is 0 Å². The number of halogens is 1. The third-order valence-electron chi connectivity index (χ3n) is 4.19. The van der Waals surface area contributed by atoms with Gasteiger partial charge in [-0.1, -0.05) is 28.1 Å². The fourth-order valence-corrected chi connectivity index (χ4v) is 3.19. The molecule has 3 atom stereocenters. The number of carbonyl (C=O) groups excluding carboxylic acids is 1. The van der Waals surface area contributed by atoms with Crippen LogP contribution in [-0.4, -0.2) is 36.5 Å². The van der Waals surface area contributed by atoms with Gasteiger partial charge >= 0.3 is 0 Å². The molecule has 1 N–H and O–H groups in total. The molecule has 1 saturated carbocycles. The number of rotatable bonds is 2. The Morgan fingerprint density at radius 2 is 2.11 bits per heavy atom. The summed E-state index contributed by atoms with van der Waals surface area (Å²) >= 11 is 3.45. The molecule has 1 aliphatic heterocycles. The van der Waals surface area contributed by atoms with Crippen molar-refractivity contribution in [3.05, 3.63) is 34.3 Å². The van der Waals surface area contributed by atoms with Crippen molar-refractivity contribution in [2.45, 2.75) is 25.3 Å². The molecule has 0 spiro atoms. The van der Waals surface area contributed by atoms with Gasteiger partial charge < -0.3 is 10.2 Å². The van der Waals surface area contributed by atoms with Crippen molar-refractivity contribution in [3.63, 3.8) is 0 Å². The van der Waals surface area contributed by atoms with Gasteiger partial charge in [-0.15, -0.1) is 0 Å². The lowest BCUT2D eigenvalue weighted by atomic mass is 10.1. The number of carbonyl (C=O) groups is 1. The lowest BCUT2D eigenvalue weighted by molar-refractivity contribution is -0.135. The highest BCUT2D eigenvalue weighted by molar-refractivity contribution is 9.10. The van der Waals surface area contributed by atoms with E-state index >= 15 is 0 Å². The molecule has 3 nitrogen and oxygen atoms in total. The molecule has 1 aromatic rings. The molecule has 1 aliphatic carbocycles. The van der Waals surface area contributed by atoms with Crippen LogP contribution in [0.15, 0.2) is 28.7 Å². The van der Waals surface area contributed by atoms with Crippen LogP contribution in [0, 0.1) is 5.92 Å². The Kier molecular flexibility index (Phi) is 3.63. The lowest BCUT2D eigenvalue weighted by Crippen LogP contribution is -2.52. The molecule has 0 radical (unpaired) electrons. The minimum absolute atomic E-state index is 0.210. The predicted octanol–water partition coefficient (Wildman–Crippen LogP) is 2.37. The highest BCUT2D eigenvalue weighted by Crippen LogP contribution is 2.48. The third-order valence-corrected chi connectivity index (χ3v) is 4.72. The minimum atomic E-state index is 0.210. The van der Waals surface area contributed by atoms with Crippen molar-refractivity contribution >= 4 is 21.8 Å². The summed E-state index contributed by atoms with van der Waals surface area (Å²) in [5.41, 5.74) is 1.30. The van der Waals surface area contributed by atoms with Gasteiger partial charge in [0.1, 0.15) is 0 Å². The van der Waals surface area contributed by atoms with Gasteiger partial charge in [0.05, 0.1) is 0 Å². The molecular weight excluding hydrogens is 304 g/mol. The van der Waals surface area contributed by atoms with E-state index in [2.05, 4.69) is 57.3 Å². The first-order valence-corrected chi connectivity index (χ1v) is 7.73. The van der Waals surface area contributed by atoms with E-state index in [0.29, 0.717) is 17.9 Å². The average Bonchev–Trinajstić information content (AvgIpc) is 3.20. The number of nitrogens with one attached hydrogen (secondary N) is 1. The van der Waals surface area contributed by atoms with Crippen LogP contribution in [0.25, 0.3) is 0 Å². The van der Waals surface area contributed by atoms with Gasteiger partial charge in [0.15, 0.2) is 0 Å². The quantitative estimate of drug-likeness (QED) is 0.906. The molecule has 1 heterocycles. The Bertz CT molecular complexity index is 474. The predicted molar refractivity (Wildman–Crippen MR) is 79.0 cm³/mol. The smallest absolute Gasteiger partial charge is 0.226 e. The van der Waals surface area contributed by atoms with E-state index in [9.17, 15) is 4.79 Å². The number of amides is 1. The lowest BCUT2D eigenvalue weighted by Gasteiger charge is -2.34. The summed E-state index contributed by atoms with van der Waals surface area (Å²) in [6.07, 6.45) is 1.01. The Balaban J connectivity index is 1.65. The molecule has 0 bridgehead atoms. The Morgan fingerprint density at radius 1 is 1.37 bits per heavy atom. The normalized spacial score (nSPS) is 30.2. The molecule has 1 amide bonds. The van der Waals surface area contributed by atoms with E-state index in [1.807, 2.05) is 0 Å². The van der Waals surface area contributed by atoms with E-state index in [1.54, 1.807) is 0 Å². The van der Waals surface area contributed by atoms with Crippen LogP contribution in [0.1, 0.15) is 24.8 Å². The van der Waals surface area contributed by atoms with E-state index in [-0.39, 0.29) is 5.92 Å². The van der Waals surface area contributed by atoms with Crippen molar-refractivity contribution in [1.82, 2.24) is 10.2 Å². The second-order valence-corrected chi connectivity index (χ2v) is 6.50. The van der Waals surface area contributed by atoms with Crippen molar-refractivity contribution in [3.8, 4) is 0 Å². The van der Waals surface area contributed by atoms with E-state index in [4.69, 9.17) is 0 Å². The molecule has 4 heteroatoms. The number of nitrogens with zero attached hydrogens (tertiary/aromatic N) is 1. The summed E-state index contributed by atoms with van der Waals surface area (Å²) in [6, 6.07) is 8.70. The van der Waals surface area contributed by atoms with Crippen LogP contribution in [0.2, 0.25) is 0 Å². The molecule has 1 aromatic carbocycles. The Hall–Kier alpha value is -0.870. The standard InChI is InChI=1S/C15H19BrN2O/c1-10-9-17-6-7-18(10)15(19)14-8-13(14)11-2-4-12(16)5-3-11/h2-5,10,13-14,17H,6-9H2,1H3/t10-,13+,14-/m1/s1. The average molecular weight is 323 g/mol. The number of benzene rings is 1. The van der Waals surface area contributed by atoms with Crippen molar-refractivity contribution in [2.75, 3.05) is 19.6 Å². The summed E-state index contributed by atoms with van der Waals surface area (Å²) in [6.45, 7) is 4.82. The second-order valence-electron chi connectivity index (χ2n) is 5.59. The van der Waals surface area contributed by atoms with Gasteiger partial charge in [0.2, 0.25) is 5.91 Å². The number of hydrogen-bond donors (Lipinski definition) is 1. The molecule has 102 valence electrons. The van der Waals surface area contributed by atoms with E-state index in [1.165, 1.54) is 5.56 Å². The van der Waals surface area contributed by atoms with Gasteiger partial charge in [0.25, 0.3) is 0 Å². The zero-order valence-electron chi connectivity index (χ0n) is 11.1. The number of hydrogen-bond acceptors (Lipinski definition) is 2. The molecule has 3 rings (SSSR count). The fourth-order valence-electron chi connectivity index (χ4n) is 2.93. The molecule has 19 heavy (non-hydrogen) atoms. The molecule has 2 fully saturated rings. The Labute approximate surface area is 122 Å². The summed E-state index contributed by atoms with van der Waals surface area (Å²) in [5.74, 6) is 0.992. The zero-order chi connectivity index (χ0) is 13.4. The highest BCUT2D eigenvalue weighted by atomic mass is 79.9. The first-order chi connectivity index (χ1) is 9.16. The van der Waals surface area contributed by atoms with E-state index < -0.39 is 0 Å². The molecule has 2 aliphatic rings. The van der Waals surface area contributed by atoms with Crippen molar-refractivity contribution < 1.29 is 4.79 Å². The fraction of sp³-hybridized carbons (Fsp3) is 0.533. The minimum Gasteiger partial charge on any atom is -0.337 e. The van der Waals surface area contributed by atoms with E-state index in [0.717, 1.165) is 30.5 Å². The van der Waals surface area contributed by atoms with Crippen LogP contribution in [0.3, 0.4) is 0 Å². The van der Waals surface area contributed by atoms with Gasteiger partial charge in [-0.3, -0.25) is 4.79 Å². The third kappa shape index (κ3) is 2.70. The van der Waals surface area contributed by atoms with Crippen molar-refractivity contribution in [1.29, 1.82) is 0 Å². The summed E-state index contributed by atoms with van der Waals surface area (Å²) in [4.78, 5) is 14.6. The maximum absolute atomic E-state index is 12.5. The molecule has 0 unspecified atom stereocenters. The van der Waals surface area contributed by atoms with Crippen LogP contribution in [-0.2, 0) is 4.79 Å². The number of piperazine rings is 1. The second kappa shape index (κ2) is 5.25. The SMILES string of the molecule is C[C@@H]1CNCCN1C(=O)[C@@H]1C[C@H]1c1ccc(Br)cc1. The topological polar surface area (TPSA) is 32.3 Å². The summed E-state index contributed by atoms with van der Waals surface area (Å²) < 4.78 is 1.09. The maximum Gasteiger partial charge on any atom is 0.226 e.